The number of hydrogen-bond acceptors (Lipinski definition) is 6. The Morgan fingerprint density at radius 2 is 1.90 bits per heavy atom. The molecule has 0 aliphatic carbocycles. The summed E-state index contributed by atoms with van der Waals surface area (Å²) in [5.74, 6) is 1.21. The van der Waals surface area contributed by atoms with Gasteiger partial charge in [0.2, 0.25) is 5.16 Å². The maximum atomic E-state index is 10.9. The summed E-state index contributed by atoms with van der Waals surface area (Å²) < 4.78 is 1.55. The Morgan fingerprint density at radius 3 is 2.55 bits per heavy atom. The number of hydrogen-bond donors (Lipinski definition) is 1. The minimum Gasteiger partial charge on any atom is -0.258 e. The molecule has 1 unspecified atom stereocenters. The molecule has 0 aliphatic rings. The van der Waals surface area contributed by atoms with Gasteiger partial charge in [-0.25, -0.2) is 0 Å². The van der Waals surface area contributed by atoms with E-state index in [1.54, 1.807) is 16.8 Å². The summed E-state index contributed by atoms with van der Waals surface area (Å²) in [5, 5.41) is 24.0. The molecule has 0 saturated heterocycles. The van der Waals surface area contributed by atoms with Crippen molar-refractivity contribution in [1.82, 2.24) is 14.9 Å². The van der Waals surface area contributed by atoms with Gasteiger partial charge in [-0.3, -0.25) is 10.1 Å². The van der Waals surface area contributed by atoms with Crippen LogP contribution in [0.25, 0.3) is 0 Å². The summed E-state index contributed by atoms with van der Waals surface area (Å²) >= 11 is 4.35. The van der Waals surface area contributed by atoms with Crippen LogP contribution in [0.4, 0.5) is 5.69 Å². The van der Waals surface area contributed by atoms with E-state index in [2.05, 4.69) is 66.0 Å². The third-order valence-electron chi connectivity index (χ3n) is 4.56. The summed E-state index contributed by atoms with van der Waals surface area (Å²) in [5.41, 5.74) is 3.03. The standard InChI is InChI=1S/C21H23N5O2S/c1-14(2)11-16-7-9-18(10-8-16)15(3)20-23-24-21(29)25(20)22-13-17-5-4-6-19(12-17)26(27)28/h4-10,12-15H,11H2,1-3H3,(H,24,29)/b22-13+. The first-order valence-electron chi connectivity index (χ1n) is 9.37. The maximum Gasteiger partial charge on any atom is 0.270 e. The molecular formula is C21H23N5O2S. The maximum absolute atomic E-state index is 10.9. The highest BCUT2D eigenvalue weighted by atomic mass is 32.1. The number of rotatable bonds is 7. The van der Waals surface area contributed by atoms with Gasteiger partial charge in [-0.15, -0.1) is 22.8 Å². The van der Waals surface area contributed by atoms with Gasteiger partial charge in [0.1, 0.15) is 0 Å². The van der Waals surface area contributed by atoms with Crippen LogP contribution in [0, 0.1) is 16.0 Å². The lowest BCUT2D eigenvalue weighted by molar-refractivity contribution is -0.384. The van der Waals surface area contributed by atoms with E-state index >= 15 is 0 Å². The highest BCUT2D eigenvalue weighted by Gasteiger charge is 2.18. The van der Waals surface area contributed by atoms with Crippen molar-refractivity contribution in [3.05, 3.63) is 81.2 Å². The second-order valence-electron chi connectivity index (χ2n) is 7.33. The molecule has 0 N–H and O–H groups in total. The summed E-state index contributed by atoms with van der Waals surface area (Å²) in [6.45, 7) is 6.44. The normalized spacial score (nSPS) is 12.6. The van der Waals surface area contributed by atoms with Crippen LogP contribution in [-0.2, 0) is 6.42 Å². The molecule has 8 heteroatoms. The molecular weight excluding hydrogens is 386 g/mol. The number of non-ortho nitro benzene ring substituents is 1. The van der Waals surface area contributed by atoms with E-state index in [4.69, 9.17) is 0 Å². The van der Waals surface area contributed by atoms with E-state index < -0.39 is 4.92 Å². The van der Waals surface area contributed by atoms with Crippen LogP contribution in [0.5, 0.6) is 0 Å². The highest BCUT2D eigenvalue weighted by Crippen LogP contribution is 2.25. The van der Waals surface area contributed by atoms with E-state index in [1.807, 2.05) is 6.92 Å². The summed E-state index contributed by atoms with van der Waals surface area (Å²) in [6, 6.07) is 14.7. The quantitative estimate of drug-likeness (QED) is 0.265. The Hall–Kier alpha value is -3.00. The zero-order valence-corrected chi connectivity index (χ0v) is 17.5. The largest absolute Gasteiger partial charge is 0.270 e. The third-order valence-corrected chi connectivity index (χ3v) is 4.84. The highest BCUT2D eigenvalue weighted by molar-refractivity contribution is 7.80. The molecule has 150 valence electrons. The van der Waals surface area contributed by atoms with Crippen molar-refractivity contribution in [2.45, 2.75) is 38.3 Å². The van der Waals surface area contributed by atoms with Crippen LogP contribution >= 0.6 is 12.6 Å². The molecule has 1 aromatic heterocycles. The Balaban J connectivity index is 1.85. The van der Waals surface area contributed by atoms with Gasteiger partial charge in [0.15, 0.2) is 5.82 Å². The SMILES string of the molecule is CC(C)Cc1ccc(C(C)c2nnc(S)n2/N=C/c2cccc([N+](=O)[O-])c2)cc1. The fraction of sp³-hybridized carbons (Fsp3) is 0.286. The van der Waals surface area contributed by atoms with Crippen LogP contribution in [0.15, 0.2) is 58.8 Å². The first-order chi connectivity index (χ1) is 13.8. The molecule has 0 saturated carbocycles. The van der Waals surface area contributed by atoms with E-state index in [-0.39, 0.29) is 11.6 Å². The van der Waals surface area contributed by atoms with E-state index in [1.165, 1.54) is 23.9 Å². The second-order valence-corrected chi connectivity index (χ2v) is 7.73. The van der Waals surface area contributed by atoms with Crippen LogP contribution in [0.2, 0.25) is 0 Å². The molecule has 2 aromatic carbocycles. The van der Waals surface area contributed by atoms with Crippen LogP contribution in [0.1, 0.15) is 49.2 Å². The van der Waals surface area contributed by atoms with Crippen molar-refractivity contribution in [3.63, 3.8) is 0 Å². The lowest BCUT2D eigenvalue weighted by Crippen LogP contribution is -2.06. The van der Waals surface area contributed by atoms with Gasteiger partial charge in [-0.05, 0) is 23.5 Å². The van der Waals surface area contributed by atoms with Crippen molar-refractivity contribution in [2.75, 3.05) is 0 Å². The van der Waals surface area contributed by atoms with Crippen LogP contribution in [0.3, 0.4) is 0 Å². The first kappa shape index (κ1) is 20.7. The van der Waals surface area contributed by atoms with Crippen molar-refractivity contribution < 1.29 is 4.92 Å². The number of nitro benzene ring substituents is 1. The predicted molar refractivity (Wildman–Crippen MR) is 116 cm³/mol. The van der Waals surface area contributed by atoms with Gasteiger partial charge >= 0.3 is 0 Å². The van der Waals surface area contributed by atoms with Crippen molar-refractivity contribution >= 4 is 24.5 Å². The zero-order chi connectivity index (χ0) is 21.0. The number of nitrogens with zero attached hydrogens (tertiary/aromatic N) is 5. The van der Waals surface area contributed by atoms with Gasteiger partial charge in [-0.1, -0.05) is 57.2 Å². The number of thiol groups is 1. The average Bonchev–Trinajstić information content (AvgIpc) is 3.06. The smallest absolute Gasteiger partial charge is 0.258 e. The molecule has 0 fully saturated rings. The first-order valence-corrected chi connectivity index (χ1v) is 9.81. The van der Waals surface area contributed by atoms with Crippen LogP contribution < -0.4 is 0 Å². The Kier molecular flexibility index (Phi) is 6.43. The average molecular weight is 410 g/mol. The molecule has 1 heterocycles. The van der Waals surface area contributed by atoms with E-state index in [9.17, 15) is 10.1 Å². The predicted octanol–water partition coefficient (Wildman–Crippen LogP) is 4.71. The molecule has 0 spiro atoms. The van der Waals surface area contributed by atoms with Crippen molar-refractivity contribution in [2.24, 2.45) is 11.0 Å². The number of aromatic nitrogens is 3. The molecule has 0 aliphatic heterocycles. The Morgan fingerprint density at radius 1 is 1.17 bits per heavy atom. The van der Waals surface area contributed by atoms with Gasteiger partial charge < -0.3 is 0 Å². The fourth-order valence-electron chi connectivity index (χ4n) is 3.07. The van der Waals surface area contributed by atoms with Gasteiger partial charge in [-0.2, -0.15) is 9.78 Å². The summed E-state index contributed by atoms with van der Waals surface area (Å²) in [7, 11) is 0. The molecule has 3 aromatic rings. The summed E-state index contributed by atoms with van der Waals surface area (Å²) in [6.07, 6.45) is 2.58. The van der Waals surface area contributed by atoms with E-state index in [0.29, 0.717) is 22.5 Å². The van der Waals surface area contributed by atoms with Gasteiger partial charge in [0, 0.05) is 23.6 Å². The minimum atomic E-state index is -0.434. The Labute approximate surface area is 175 Å². The van der Waals surface area contributed by atoms with Crippen molar-refractivity contribution in [3.8, 4) is 0 Å². The second kappa shape index (κ2) is 9.00. The zero-order valence-electron chi connectivity index (χ0n) is 16.6. The molecule has 0 amide bonds. The third kappa shape index (κ3) is 5.08. The van der Waals surface area contributed by atoms with Crippen molar-refractivity contribution in [1.29, 1.82) is 0 Å². The number of nitro groups is 1. The van der Waals surface area contributed by atoms with Gasteiger partial charge in [0.25, 0.3) is 5.69 Å². The topological polar surface area (TPSA) is 86.2 Å². The van der Waals surface area contributed by atoms with Crippen LogP contribution in [-0.4, -0.2) is 26.0 Å². The molecule has 3 rings (SSSR count). The molecule has 0 radical (unpaired) electrons. The lowest BCUT2D eigenvalue weighted by Gasteiger charge is -2.12. The minimum absolute atomic E-state index is 0.0129. The Bertz CT molecular complexity index is 1030. The van der Waals surface area contributed by atoms with Gasteiger partial charge in [0.05, 0.1) is 11.1 Å². The molecule has 29 heavy (non-hydrogen) atoms. The monoisotopic (exact) mass is 409 g/mol. The lowest BCUT2D eigenvalue weighted by atomic mass is 9.96. The molecule has 1 atom stereocenters. The summed E-state index contributed by atoms with van der Waals surface area (Å²) in [4.78, 5) is 10.5. The fourth-order valence-corrected chi connectivity index (χ4v) is 3.27. The van der Waals surface area contributed by atoms with E-state index in [0.717, 1.165) is 12.0 Å². The molecule has 0 bridgehead atoms. The molecule has 7 nitrogen and oxygen atoms in total. The number of benzene rings is 2.